The lowest BCUT2D eigenvalue weighted by Crippen LogP contribution is -3.13. The molecule has 1 fully saturated rings. The molecule has 27 heavy (non-hydrogen) atoms. The zero-order chi connectivity index (χ0) is 18.5. The molecule has 0 aliphatic carbocycles. The van der Waals surface area contributed by atoms with Gasteiger partial charge in [-0.1, -0.05) is 54.6 Å². The molecule has 0 amide bonds. The van der Waals surface area contributed by atoms with Gasteiger partial charge in [0.15, 0.2) is 0 Å². The van der Waals surface area contributed by atoms with E-state index in [1.54, 1.807) is 16.7 Å². The van der Waals surface area contributed by atoms with E-state index in [-0.39, 0.29) is 0 Å². The maximum Gasteiger partial charge on any atom is 0.104 e. The standard InChI is InChI=1S/C23H25N3S/c1-27-22-11-9-19(10-12-22)17-24-26-15-13-25(14-16-26)18-21-7-4-6-20-5-2-3-8-23(20)21/h2-12,17H,13-16,18H2,1H3/p+1/b24-17-. The van der Waals surface area contributed by atoms with E-state index in [1.807, 2.05) is 6.21 Å². The first-order chi connectivity index (χ1) is 13.3. The number of fused-ring (bicyclic) bond motifs is 1. The number of hydrogen-bond donors (Lipinski definition) is 1. The maximum atomic E-state index is 4.69. The van der Waals surface area contributed by atoms with Crippen molar-refractivity contribution in [3.63, 3.8) is 0 Å². The Labute approximate surface area is 165 Å². The maximum absolute atomic E-state index is 4.69. The second-order valence-electron chi connectivity index (χ2n) is 7.04. The molecule has 4 rings (SSSR count). The number of nitrogens with one attached hydrogen (secondary N) is 1. The third-order valence-corrected chi connectivity index (χ3v) is 6.00. The van der Waals surface area contributed by atoms with Gasteiger partial charge in [-0.15, -0.1) is 11.8 Å². The number of piperazine rings is 1. The minimum absolute atomic E-state index is 1.01. The summed E-state index contributed by atoms with van der Waals surface area (Å²) in [6, 6.07) is 23.9. The molecule has 3 aromatic rings. The zero-order valence-electron chi connectivity index (χ0n) is 15.8. The van der Waals surface area contributed by atoms with Gasteiger partial charge in [0.05, 0.1) is 32.4 Å². The molecule has 138 valence electrons. The summed E-state index contributed by atoms with van der Waals surface area (Å²) >= 11 is 1.77. The quantitative estimate of drug-likeness (QED) is 0.545. The van der Waals surface area contributed by atoms with E-state index in [4.69, 9.17) is 0 Å². The molecule has 3 nitrogen and oxygen atoms in total. The van der Waals surface area contributed by atoms with Gasteiger partial charge in [0.1, 0.15) is 6.54 Å². The summed E-state index contributed by atoms with van der Waals surface area (Å²) in [6.45, 7) is 5.38. The van der Waals surface area contributed by atoms with Crippen molar-refractivity contribution >= 4 is 28.7 Å². The van der Waals surface area contributed by atoms with Gasteiger partial charge in [0.25, 0.3) is 0 Å². The number of benzene rings is 3. The Kier molecular flexibility index (Phi) is 5.75. The topological polar surface area (TPSA) is 20.0 Å². The van der Waals surface area contributed by atoms with Crippen molar-refractivity contribution in [3.8, 4) is 0 Å². The van der Waals surface area contributed by atoms with Crippen molar-refractivity contribution in [1.82, 2.24) is 5.01 Å². The summed E-state index contributed by atoms with van der Waals surface area (Å²) in [4.78, 5) is 2.93. The molecule has 0 bridgehead atoms. The van der Waals surface area contributed by atoms with Crippen molar-refractivity contribution < 1.29 is 4.90 Å². The van der Waals surface area contributed by atoms with E-state index in [9.17, 15) is 0 Å². The summed E-state index contributed by atoms with van der Waals surface area (Å²) in [5.41, 5.74) is 2.62. The monoisotopic (exact) mass is 376 g/mol. The van der Waals surface area contributed by atoms with Crippen LogP contribution in [-0.4, -0.2) is 43.7 Å². The first kappa shape index (κ1) is 18.1. The average Bonchev–Trinajstić information content (AvgIpc) is 2.74. The van der Waals surface area contributed by atoms with Gasteiger partial charge in [-0.3, -0.25) is 5.01 Å². The summed E-state index contributed by atoms with van der Waals surface area (Å²) in [7, 11) is 0. The zero-order valence-corrected chi connectivity index (χ0v) is 16.6. The highest BCUT2D eigenvalue weighted by atomic mass is 32.2. The minimum atomic E-state index is 1.01. The number of hydrazone groups is 1. The SMILES string of the molecule is CSc1ccc(/C=N\N2CC[NH+](Cc3cccc4ccccc34)CC2)cc1. The first-order valence-electron chi connectivity index (χ1n) is 9.55. The molecule has 4 heteroatoms. The smallest absolute Gasteiger partial charge is 0.104 e. The van der Waals surface area contributed by atoms with Crippen LogP contribution in [0.3, 0.4) is 0 Å². The highest BCUT2D eigenvalue weighted by Crippen LogP contribution is 2.17. The Morgan fingerprint density at radius 2 is 1.70 bits per heavy atom. The van der Waals surface area contributed by atoms with Crippen LogP contribution in [0.5, 0.6) is 0 Å². The van der Waals surface area contributed by atoms with Crippen molar-refractivity contribution in [2.24, 2.45) is 5.10 Å². The molecule has 0 spiro atoms. The van der Waals surface area contributed by atoms with Gasteiger partial charge in [-0.2, -0.15) is 5.10 Å². The largest absolute Gasteiger partial charge is 0.328 e. The Morgan fingerprint density at radius 3 is 2.48 bits per heavy atom. The molecule has 0 radical (unpaired) electrons. The third kappa shape index (κ3) is 4.52. The van der Waals surface area contributed by atoms with Gasteiger partial charge in [-0.25, -0.2) is 0 Å². The van der Waals surface area contributed by atoms with Crippen LogP contribution in [0.25, 0.3) is 10.8 Å². The van der Waals surface area contributed by atoms with Gasteiger partial charge in [0, 0.05) is 10.5 Å². The van der Waals surface area contributed by atoms with E-state index in [1.165, 1.54) is 26.8 Å². The molecular formula is C23H26N3S+. The van der Waals surface area contributed by atoms with Crippen LogP contribution in [-0.2, 0) is 6.54 Å². The van der Waals surface area contributed by atoms with E-state index in [0.29, 0.717) is 0 Å². The lowest BCUT2D eigenvalue weighted by Gasteiger charge is -2.30. The molecule has 0 aromatic heterocycles. The van der Waals surface area contributed by atoms with Crippen LogP contribution >= 0.6 is 11.8 Å². The van der Waals surface area contributed by atoms with Crippen LogP contribution in [0.1, 0.15) is 11.1 Å². The molecule has 1 saturated heterocycles. The Bertz CT molecular complexity index is 907. The van der Waals surface area contributed by atoms with Crippen LogP contribution in [0.15, 0.2) is 76.7 Å². The predicted octanol–water partition coefficient (Wildman–Crippen LogP) is 3.30. The fourth-order valence-electron chi connectivity index (χ4n) is 3.66. The second-order valence-corrected chi connectivity index (χ2v) is 7.92. The molecule has 0 unspecified atom stereocenters. The Hall–Kier alpha value is -2.30. The summed E-state index contributed by atoms with van der Waals surface area (Å²) in [5, 5.41) is 9.62. The van der Waals surface area contributed by atoms with E-state index < -0.39 is 0 Å². The number of quaternary nitrogens is 1. The molecule has 0 atom stereocenters. The minimum Gasteiger partial charge on any atom is -0.328 e. The van der Waals surface area contributed by atoms with Crippen LogP contribution < -0.4 is 4.90 Å². The summed E-state index contributed by atoms with van der Waals surface area (Å²) in [5.74, 6) is 0. The first-order valence-corrected chi connectivity index (χ1v) is 10.8. The summed E-state index contributed by atoms with van der Waals surface area (Å²) < 4.78 is 0. The Balaban J connectivity index is 1.34. The predicted molar refractivity (Wildman–Crippen MR) is 116 cm³/mol. The fourth-order valence-corrected chi connectivity index (χ4v) is 4.07. The van der Waals surface area contributed by atoms with Gasteiger partial charge >= 0.3 is 0 Å². The molecule has 1 N–H and O–H groups in total. The number of hydrogen-bond acceptors (Lipinski definition) is 3. The number of nitrogens with zero attached hydrogens (tertiary/aromatic N) is 2. The summed E-state index contributed by atoms with van der Waals surface area (Å²) in [6.07, 6.45) is 4.09. The van der Waals surface area contributed by atoms with Crippen molar-refractivity contribution in [2.75, 3.05) is 32.4 Å². The lowest BCUT2D eigenvalue weighted by atomic mass is 10.0. The second kappa shape index (κ2) is 8.59. The van der Waals surface area contributed by atoms with E-state index in [0.717, 1.165) is 32.7 Å². The number of rotatable bonds is 5. The van der Waals surface area contributed by atoms with Crippen molar-refractivity contribution in [3.05, 3.63) is 77.9 Å². The highest BCUT2D eigenvalue weighted by molar-refractivity contribution is 7.98. The van der Waals surface area contributed by atoms with Crippen molar-refractivity contribution in [2.45, 2.75) is 11.4 Å². The van der Waals surface area contributed by atoms with E-state index in [2.05, 4.69) is 83.1 Å². The molecule has 1 heterocycles. The van der Waals surface area contributed by atoms with Gasteiger partial charge in [-0.05, 0) is 34.7 Å². The molecular weight excluding hydrogens is 350 g/mol. The van der Waals surface area contributed by atoms with Crippen LogP contribution in [0.2, 0.25) is 0 Å². The molecule has 1 aliphatic rings. The van der Waals surface area contributed by atoms with Crippen molar-refractivity contribution in [1.29, 1.82) is 0 Å². The molecule has 0 saturated carbocycles. The van der Waals surface area contributed by atoms with Gasteiger partial charge < -0.3 is 4.90 Å². The highest BCUT2D eigenvalue weighted by Gasteiger charge is 2.19. The molecule has 1 aliphatic heterocycles. The number of thioether (sulfide) groups is 1. The van der Waals surface area contributed by atoms with Crippen LogP contribution in [0.4, 0.5) is 0 Å². The van der Waals surface area contributed by atoms with Crippen LogP contribution in [0, 0.1) is 0 Å². The van der Waals surface area contributed by atoms with Gasteiger partial charge in [0.2, 0.25) is 0 Å². The fraction of sp³-hybridized carbons (Fsp3) is 0.261. The Morgan fingerprint density at radius 1 is 0.963 bits per heavy atom. The third-order valence-electron chi connectivity index (χ3n) is 5.25. The lowest BCUT2D eigenvalue weighted by molar-refractivity contribution is -0.918. The molecule has 3 aromatic carbocycles. The van der Waals surface area contributed by atoms with E-state index >= 15 is 0 Å². The average molecular weight is 377 g/mol. The normalized spacial score (nSPS) is 15.7.